The number of hydrogen-bond acceptors (Lipinski definition) is 4. The minimum absolute atomic E-state index is 0.0216. The Kier molecular flexibility index (Phi) is 4.12. The van der Waals surface area contributed by atoms with Crippen molar-refractivity contribution in [3.05, 3.63) is 65.0 Å². The van der Waals surface area contributed by atoms with E-state index in [1.54, 1.807) is 12.1 Å². The van der Waals surface area contributed by atoms with Crippen LogP contribution in [0.3, 0.4) is 0 Å². The normalized spacial score (nSPS) is 20.4. The minimum atomic E-state index is -3.87. The molecule has 1 saturated heterocycles. The van der Waals surface area contributed by atoms with Gasteiger partial charge in [0.25, 0.3) is 11.8 Å². The van der Waals surface area contributed by atoms with Gasteiger partial charge in [-0.2, -0.15) is 4.31 Å². The lowest BCUT2D eigenvalue weighted by molar-refractivity contribution is 0.0693. The van der Waals surface area contributed by atoms with E-state index in [2.05, 4.69) is 0 Å². The third kappa shape index (κ3) is 2.76. The highest BCUT2D eigenvalue weighted by atomic mass is 32.2. The van der Waals surface area contributed by atoms with Crippen LogP contribution in [0.25, 0.3) is 0 Å². The summed E-state index contributed by atoms with van der Waals surface area (Å²) >= 11 is 0. The molecule has 6 nitrogen and oxygen atoms in total. The highest BCUT2D eigenvalue weighted by Crippen LogP contribution is 2.37. The first-order chi connectivity index (χ1) is 12.8. The lowest BCUT2D eigenvalue weighted by Gasteiger charge is -2.24. The Balaban J connectivity index is 1.72. The fraction of sp³-hybridized carbons (Fsp3) is 0.263. The lowest BCUT2D eigenvalue weighted by atomic mass is 10.1. The topological polar surface area (TPSA) is 74.8 Å². The molecule has 27 heavy (non-hydrogen) atoms. The molecular formula is C19H17FN2O4S. The van der Waals surface area contributed by atoms with E-state index < -0.39 is 21.8 Å². The number of imide groups is 1. The molecule has 0 bridgehead atoms. The molecule has 4 rings (SSSR count). The summed E-state index contributed by atoms with van der Waals surface area (Å²) in [6.07, 6.45) is 1.32. The van der Waals surface area contributed by atoms with Gasteiger partial charge in [-0.25, -0.2) is 12.8 Å². The van der Waals surface area contributed by atoms with Crippen molar-refractivity contribution in [3.8, 4) is 0 Å². The second-order valence-electron chi connectivity index (χ2n) is 6.70. The molecule has 0 saturated carbocycles. The zero-order chi connectivity index (χ0) is 19.3. The van der Waals surface area contributed by atoms with E-state index in [0.717, 1.165) is 10.5 Å². The van der Waals surface area contributed by atoms with Gasteiger partial charge in [0.1, 0.15) is 5.82 Å². The third-order valence-electron chi connectivity index (χ3n) is 5.13. The van der Waals surface area contributed by atoms with E-state index >= 15 is 0 Å². The SMILES string of the molecule is CN1C(=O)c2ccc(S(=O)(=O)N3CCCC3c3ccc(F)cc3)cc2C1=O. The van der Waals surface area contributed by atoms with Gasteiger partial charge in [0.2, 0.25) is 10.0 Å². The molecule has 2 aromatic carbocycles. The molecule has 2 heterocycles. The van der Waals surface area contributed by atoms with Crippen LogP contribution in [-0.4, -0.2) is 43.0 Å². The molecule has 140 valence electrons. The molecule has 0 aromatic heterocycles. The highest BCUT2D eigenvalue weighted by Gasteiger charge is 2.38. The number of benzene rings is 2. The molecular weight excluding hydrogens is 371 g/mol. The van der Waals surface area contributed by atoms with E-state index in [1.807, 2.05) is 0 Å². The maximum absolute atomic E-state index is 13.2. The second kappa shape index (κ2) is 6.24. The Morgan fingerprint density at radius 3 is 2.37 bits per heavy atom. The van der Waals surface area contributed by atoms with E-state index in [-0.39, 0.29) is 27.9 Å². The fourth-order valence-corrected chi connectivity index (χ4v) is 5.39. The second-order valence-corrected chi connectivity index (χ2v) is 8.59. The molecule has 2 aliphatic heterocycles. The number of halogens is 1. The number of rotatable bonds is 3. The van der Waals surface area contributed by atoms with Gasteiger partial charge >= 0.3 is 0 Å². The first kappa shape index (κ1) is 17.8. The standard InChI is InChI=1S/C19H17FN2O4S/c1-21-18(23)15-9-8-14(11-16(15)19(21)24)27(25,26)22-10-2-3-17(22)12-4-6-13(20)7-5-12/h4-9,11,17H,2-3,10H2,1H3. The maximum Gasteiger partial charge on any atom is 0.261 e. The van der Waals surface area contributed by atoms with E-state index in [1.165, 1.54) is 41.7 Å². The molecule has 0 N–H and O–H groups in total. The Bertz CT molecular complexity index is 1050. The van der Waals surface area contributed by atoms with Gasteiger partial charge < -0.3 is 0 Å². The monoisotopic (exact) mass is 388 g/mol. The van der Waals surface area contributed by atoms with Crippen LogP contribution in [0.1, 0.15) is 45.2 Å². The lowest BCUT2D eigenvalue weighted by Crippen LogP contribution is -2.30. The largest absolute Gasteiger partial charge is 0.277 e. The van der Waals surface area contributed by atoms with Crippen molar-refractivity contribution in [2.75, 3.05) is 13.6 Å². The van der Waals surface area contributed by atoms with Gasteiger partial charge in [-0.15, -0.1) is 0 Å². The summed E-state index contributed by atoms with van der Waals surface area (Å²) < 4.78 is 41.0. The number of amides is 2. The Hall–Kier alpha value is -2.58. The predicted molar refractivity (Wildman–Crippen MR) is 95.1 cm³/mol. The van der Waals surface area contributed by atoms with E-state index in [0.29, 0.717) is 19.4 Å². The van der Waals surface area contributed by atoms with Crippen molar-refractivity contribution in [2.45, 2.75) is 23.8 Å². The van der Waals surface area contributed by atoms with Crippen LogP contribution in [-0.2, 0) is 10.0 Å². The third-order valence-corrected chi connectivity index (χ3v) is 7.03. The zero-order valence-electron chi connectivity index (χ0n) is 14.6. The summed E-state index contributed by atoms with van der Waals surface area (Å²) in [7, 11) is -2.50. The number of hydrogen-bond donors (Lipinski definition) is 0. The summed E-state index contributed by atoms with van der Waals surface area (Å²) in [5.74, 6) is -1.33. The number of sulfonamides is 1. The molecule has 1 unspecified atom stereocenters. The Labute approximate surface area is 156 Å². The highest BCUT2D eigenvalue weighted by molar-refractivity contribution is 7.89. The molecule has 2 aromatic rings. The van der Waals surface area contributed by atoms with Crippen LogP contribution in [0.2, 0.25) is 0 Å². The summed E-state index contributed by atoms with van der Waals surface area (Å²) in [6.45, 7) is 0.342. The molecule has 0 spiro atoms. The van der Waals surface area contributed by atoms with Gasteiger partial charge in [0.15, 0.2) is 0 Å². The molecule has 1 fully saturated rings. The van der Waals surface area contributed by atoms with Crippen LogP contribution in [0.4, 0.5) is 4.39 Å². The number of carbonyl (C=O) groups excluding carboxylic acids is 2. The van der Waals surface area contributed by atoms with Crippen LogP contribution < -0.4 is 0 Å². The van der Waals surface area contributed by atoms with Gasteiger partial charge in [-0.05, 0) is 48.7 Å². The molecule has 8 heteroatoms. The average molecular weight is 388 g/mol. The summed E-state index contributed by atoms with van der Waals surface area (Å²) in [5.41, 5.74) is 1.03. The minimum Gasteiger partial charge on any atom is -0.277 e. The van der Waals surface area contributed by atoms with Crippen molar-refractivity contribution < 1.29 is 22.4 Å². The van der Waals surface area contributed by atoms with Crippen molar-refractivity contribution >= 4 is 21.8 Å². The number of nitrogens with zero attached hydrogens (tertiary/aromatic N) is 2. The van der Waals surface area contributed by atoms with Crippen LogP contribution in [0.15, 0.2) is 47.4 Å². The predicted octanol–water partition coefficient (Wildman–Crippen LogP) is 2.58. The molecule has 2 amide bonds. The van der Waals surface area contributed by atoms with Crippen molar-refractivity contribution in [1.29, 1.82) is 0 Å². The quantitative estimate of drug-likeness (QED) is 0.758. The smallest absolute Gasteiger partial charge is 0.261 e. The summed E-state index contributed by atoms with van der Waals surface area (Å²) in [6, 6.07) is 9.44. The van der Waals surface area contributed by atoms with Gasteiger partial charge in [-0.1, -0.05) is 12.1 Å². The Morgan fingerprint density at radius 2 is 1.67 bits per heavy atom. The van der Waals surface area contributed by atoms with Gasteiger partial charge in [0, 0.05) is 13.6 Å². The summed E-state index contributed by atoms with van der Waals surface area (Å²) in [4.78, 5) is 25.1. The maximum atomic E-state index is 13.2. The van der Waals surface area contributed by atoms with Crippen molar-refractivity contribution in [1.82, 2.24) is 9.21 Å². The molecule has 2 aliphatic rings. The molecule has 1 atom stereocenters. The first-order valence-corrected chi connectivity index (χ1v) is 9.98. The molecule has 0 radical (unpaired) electrons. The number of fused-ring (bicyclic) bond motifs is 1. The van der Waals surface area contributed by atoms with Gasteiger partial charge in [0.05, 0.1) is 22.1 Å². The van der Waals surface area contributed by atoms with Crippen molar-refractivity contribution in [2.24, 2.45) is 0 Å². The van der Waals surface area contributed by atoms with Crippen LogP contribution in [0.5, 0.6) is 0 Å². The van der Waals surface area contributed by atoms with Crippen molar-refractivity contribution in [3.63, 3.8) is 0 Å². The number of carbonyl (C=O) groups is 2. The van der Waals surface area contributed by atoms with Gasteiger partial charge in [-0.3, -0.25) is 14.5 Å². The van der Waals surface area contributed by atoms with E-state index in [4.69, 9.17) is 0 Å². The first-order valence-electron chi connectivity index (χ1n) is 8.54. The van der Waals surface area contributed by atoms with E-state index in [9.17, 15) is 22.4 Å². The average Bonchev–Trinajstić information content (AvgIpc) is 3.23. The Morgan fingerprint density at radius 1 is 1.00 bits per heavy atom. The van der Waals surface area contributed by atoms with Crippen LogP contribution >= 0.6 is 0 Å². The zero-order valence-corrected chi connectivity index (χ0v) is 15.4. The fourth-order valence-electron chi connectivity index (χ4n) is 3.68. The molecule has 0 aliphatic carbocycles. The van der Waals surface area contributed by atoms with Crippen LogP contribution in [0, 0.1) is 5.82 Å². The summed E-state index contributed by atoms with van der Waals surface area (Å²) in [5, 5.41) is 0.